The van der Waals surface area contributed by atoms with Crippen molar-refractivity contribution in [1.82, 2.24) is 10.2 Å². The Hall–Kier alpha value is -2.19. The third-order valence-corrected chi connectivity index (χ3v) is 4.71. The van der Waals surface area contributed by atoms with Crippen molar-refractivity contribution in [2.24, 2.45) is 0 Å². The van der Waals surface area contributed by atoms with Crippen LogP contribution in [0.1, 0.15) is 0 Å². The van der Waals surface area contributed by atoms with E-state index in [1.165, 1.54) is 11.8 Å². The second kappa shape index (κ2) is 8.95. The van der Waals surface area contributed by atoms with Crippen molar-refractivity contribution in [2.75, 3.05) is 26.6 Å². The lowest BCUT2D eigenvalue weighted by atomic mass is 10.2. The van der Waals surface area contributed by atoms with Gasteiger partial charge < -0.3 is 18.6 Å². The smallest absolute Gasteiger partial charge is 0.276 e. The molecule has 6 nitrogen and oxygen atoms in total. The molecule has 8 heteroatoms. The molecule has 26 heavy (non-hydrogen) atoms. The number of hydrogen-bond acceptors (Lipinski definition) is 7. The van der Waals surface area contributed by atoms with Crippen molar-refractivity contribution in [1.29, 1.82) is 0 Å². The van der Waals surface area contributed by atoms with E-state index in [2.05, 4.69) is 26.1 Å². The van der Waals surface area contributed by atoms with Crippen molar-refractivity contribution < 1.29 is 18.6 Å². The van der Waals surface area contributed by atoms with E-state index in [9.17, 15) is 0 Å². The summed E-state index contributed by atoms with van der Waals surface area (Å²) in [4.78, 5) is 0. The van der Waals surface area contributed by atoms with E-state index in [0.29, 0.717) is 35.0 Å². The number of halogens is 1. The molecule has 0 unspecified atom stereocenters. The van der Waals surface area contributed by atoms with E-state index in [4.69, 9.17) is 18.6 Å². The molecule has 0 aliphatic heterocycles. The summed E-state index contributed by atoms with van der Waals surface area (Å²) >= 11 is 4.84. The maximum absolute atomic E-state index is 5.70. The summed E-state index contributed by atoms with van der Waals surface area (Å²) < 4.78 is 22.9. The van der Waals surface area contributed by atoms with Gasteiger partial charge in [0.25, 0.3) is 5.22 Å². The van der Waals surface area contributed by atoms with E-state index >= 15 is 0 Å². The summed E-state index contributed by atoms with van der Waals surface area (Å²) in [5.41, 5.74) is 0.742. The van der Waals surface area contributed by atoms with Gasteiger partial charge in [0.05, 0.1) is 20.8 Å². The van der Waals surface area contributed by atoms with Gasteiger partial charge in [-0.05, 0) is 36.4 Å². The predicted molar refractivity (Wildman–Crippen MR) is 103 cm³/mol. The fourth-order valence-electron chi connectivity index (χ4n) is 2.13. The van der Waals surface area contributed by atoms with Crippen LogP contribution in [0.5, 0.6) is 17.2 Å². The Balaban J connectivity index is 1.57. The van der Waals surface area contributed by atoms with Gasteiger partial charge in [0.2, 0.25) is 5.89 Å². The highest BCUT2D eigenvalue weighted by atomic mass is 79.9. The first-order valence-electron chi connectivity index (χ1n) is 7.76. The van der Waals surface area contributed by atoms with Gasteiger partial charge in [0.1, 0.15) is 17.2 Å². The maximum atomic E-state index is 5.70. The Morgan fingerprint density at radius 3 is 2.31 bits per heavy atom. The van der Waals surface area contributed by atoms with Crippen LogP contribution in [-0.4, -0.2) is 36.8 Å². The standard InChI is InChI=1S/C18H17BrN2O4S/c1-22-15-9-12(10-16(11-15)23-2)17-20-21-18(25-17)26-8-7-24-14-5-3-13(19)4-6-14/h3-6,9-11H,7-8H2,1-2H3. The number of ether oxygens (including phenoxy) is 3. The average Bonchev–Trinajstić information content (AvgIpc) is 3.15. The third kappa shape index (κ3) is 4.92. The topological polar surface area (TPSA) is 66.6 Å². The van der Waals surface area contributed by atoms with Crippen LogP contribution in [0.4, 0.5) is 0 Å². The monoisotopic (exact) mass is 436 g/mol. The van der Waals surface area contributed by atoms with Gasteiger partial charge in [-0.25, -0.2) is 0 Å². The molecule has 0 aliphatic carbocycles. The molecule has 1 heterocycles. The third-order valence-electron chi connectivity index (χ3n) is 3.40. The fraction of sp³-hybridized carbons (Fsp3) is 0.222. The van der Waals surface area contributed by atoms with Crippen LogP contribution < -0.4 is 14.2 Å². The van der Waals surface area contributed by atoms with Gasteiger partial charge in [0.15, 0.2) is 0 Å². The molecule has 0 N–H and O–H groups in total. The Morgan fingerprint density at radius 2 is 1.65 bits per heavy atom. The van der Waals surface area contributed by atoms with Crippen molar-refractivity contribution in [2.45, 2.75) is 5.22 Å². The van der Waals surface area contributed by atoms with Crippen molar-refractivity contribution in [3.63, 3.8) is 0 Å². The molecule has 0 fully saturated rings. The number of methoxy groups -OCH3 is 2. The van der Waals surface area contributed by atoms with Crippen LogP contribution in [0.15, 0.2) is 56.6 Å². The molecule has 0 atom stereocenters. The zero-order chi connectivity index (χ0) is 18.4. The molecule has 0 aliphatic rings. The Labute approximate surface area is 164 Å². The van der Waals surface area contributed by atoms with Crippen LogP contribution in [-0.2, 0) is 0 Å². The Kier molecular flexibility index (Phi) is 6.40. The molecular weight excluding hydrogens is 420 g/mol. The van der Waals surface area contributed by atoms with E-state index < -0.39 is 0 Å². The van der Waals surface area contributed by atoms with Gasteiger partial charge >= 0.3 is 0 Å². The van der Waals surface area contributed by atoms with Crippen molar-refractivity contribution in [3.05, 3.63) is 46.9 Å². The first-order chi connectivity index (χ1) is 12.7. The second-order valence-corrected chi connectivity index (χ2v) is 7.09. The van der Waals surface area contributed by atoms with Gasteiger partial charge in [-0.15, -0.1) is 10.2 Å². The minimum atomic E-state index is 0.415. The highest BCUT2D eigenvalue weighted by molar-refractivity contribution is 9.10. The quantitative estimate of drug-likeness (QED) is 0.374. The lowest BCUT2D eigenvalue weighted by Crippen LogP contribution is -1.99. The zero-order valence-corrected chi connectivity index (χ0v) is 16.7. The molecule has 136 valence electrons. The number of thioether (sulfide) groups is 1. The number of aromatic nitrogens is 2. The summed E-state index contributed by atoms with van der Waals surface area (Å²) in [5, 5.41) is 8.64. The van der Waals surface area contributed by atoms with Crippen LogP contribution in [0, 0.1) is 0 Å². The fourth-order valence-corrected chi connectivity index (χ4v) is 2.98. The molecular formula is C18H17BrN2O4S. The van der Waals surface area contributed by atoms with Gasteiger partial charge in [-0.1, -0.05) is 27.7 Å². The first-order valence-corrected chi connectivity index (χ1v) is 9.54. The minimum absolute atomic E-state index is 0.415. The summed E-state index contributed by atoms with van der Waals surface area (Å²) in [6.45, 7) is 0.539. The number of benzene rings is 2. The van der Waals surface area contributed by atoms with Crippen LogP contribution in [0.2, 0.25) is 0 Å². The molecule has 3 aromatic rings. The molecule has 3 rings (SSSR count). The number of nitrogens with zero attached hydrogens (tertiary/aromatic N) is 2. The molecule has 2 aromatic carbocycles. The maximum Gasteiger partial charge on any atom is 0.276 e. The normalized spacial score (nSPS) is 10.6. The lowest BCUT2D eigenvalue weighted by Gasteiger charge is -2.05. The predicted octanol–water partition coefficient (Wildman–Crippen LogP) is 4.69. The molecule has 0 saturated carbocycles. The molecule has 0 bridgehead atoms. The Bertz CT molecular complexity index is 832. The average molecular weight is 437 g/mol. The van der Waals surface area contributed by atoms with Gasteiger partial charge in [-0.3, -0.25) is 0 Å². The SMILES string of the molecule is COc1cc(OC)cc(-c2nnc(SCCOc3ccc(Br)cc3)o2)c1. The van der Waals surface area contributed by atoms with E-state index in [1.807, 2.05) is 36.4 Å². The molecule has 0 spiro atoms. The Morgan fingerprint density at radius 1 is 0.962 bits per heavy atom. The van der Waals surface area contributed by atoms with Crippen molar-refractivity contribution in [3.8, 4) is 28.7 Å². The van der Waals surface area contributed by atoms with Crippen LogP contribution >= 0.6 is 27.7 Å². The first kappa shape index (κ1) is 18.6. The molecule has 0 radical (unpaired) electrons. The van der Waals surface area contributed by atoms with Gasteiger partial charge in [-0.2, -0.15) is 0 Å². The van der Waals surface area contributed by atoms with E-state index in [-0.39, 0.29) is 0 Å². The van der Waals surface area contributed by atoms with E-state index in [0.717, 1.165) is 15.8 Å². The second-order valence-electron chi connectivity index (χ2n) is 5.13. The molecule has 0 amide bonds. The highest BCUT2D eigenvalue weighted by Gasteiger charge is 2.12. The van der Waals surface area contributed by atoms with Crippen LogP contribution in [0.25, 0.3) is 11.5 Å². The lowest BCUT2D eigenvalue weighted by molar-refractivity contribution is 0.343. The largest absolute Gasteiger partial charge is 0.497 e. The van der Waals surface area contributed by atoms with E-state index in [1.54, 1.807) is 20.3 Å². The molecule has 1 aromatic heterocycles. The summed E-state index contributed by atoms with van der Waals surface area (Å²) in [6, 6.07) is 13.1. The van der Waals surface area contributed by atoms with Crippen LogP contribution in [0.3, 0.4) is 0 Å². The van der Waals surface area contributed by atoms with Crippen molar-refractivity contribution >= 4 is 27.7 Å². The summed E-state index contributed by atoms with van der Waals surface area (Å²) in [7, 11) is 3.19. The minimum Gasteiger partial charge on any atom is -0.497 e. The highest BCUT2D eigenvalue weighted by Crippen LogP contribution is 2.30. The number of hydrogen-bond donors (Lipinski definition) is 0. The zero-order valence-electron chi connectivity index (χ0n) is 14.3. The van der Waals surface area contributed by atoms with Gasteiger partial charge in [0, 0.05) is 21.9 Å². The summed E-state index contributed by atoms with van der Waals surface area (Å²) in [5.74, 6) is 3.25. The summed E-state index contributed by atoms with van der Waals surface area (Å²) in [6.07, 6.45) is 0. The number of rotatable bonds is 8. The molecule has 0 saturated heterocycles.